The molecular formula is C14H9BrCl3F. The van der Waals surface area contributed by atoms with Crippen LogP contribution in [0.1, 0.15) is 21.5 Å². The van der Waals surface area contributed by atoms with Crippen molar-refractivity contribution in [3.63, 3.8) is 0 Å². The van der Waals surface area contributed by atoms with Gasteiger partial charge in [0.15, 0.2) is 0 Å². The van der Waals surface area contributed by atoms with Crippen LogP contribution in [0.3, 0.4) is 0 Å². The van der Waals surface area contributed by atoms with Crippen LogP contribution in [0.4, 0.5) is 4.39 Å². The van der Waals surface area contributed by atoms with Crippen molar-refractivity contribution >= 4 is 50.7 Å². The average molecular weight is 382 g/mol. The van der Waals surface area contributed by atoms with Crippen molar-refractivity contribution in [2.45, 2.75) is 11.8 Å². The first-order valence-corrected chi connectivity index (χ1v) is 7.50. The van der Waals surface area contributed by atoms with Gasteiger partial charge in [0.1, 0.15) is 5.82 Å². The van der Waals surface area contributed by atoms with E-state index in [9.17, 15) is 4.39 Å². The fraction of sp³-hybridized carbons (Fsp3) is 0.143. The molecule has 0 bridgehead atoms. The van der Waals surface area contributed by atoms with Gasteiger partial charge in [-0.05, 0) is 36.2 Å². The van der Waals surface area contributed by atoms with Gasteiger partial charge in [-0.2, -0.15) is 0 Å². The molecule has 19 heavy (non-hydrogen) atoms. The minimum absolute atomic E-state index is 0.291. The second-order valence-corrected chi connectivity index (χ2v) is 6.26. The van der Waals surface area contributed by atoms with Gasteiger partial charge in [0, 0.05) is 20.6 Å². The predicted molar refractivity (Wildman–Crippen MR) is 83.4 cm³/mol. The summed E-state index contributed by atoms with van der Waals surface area (Å²) in [6, 6.07) is 8.26. The van der Waals surface area contributed by atoms with Crippen molar-refractivity contribution in [2.75, 3.05) is 0 Å². The lowest BCUT2D eigenvalue weighted by molar-refractivity contribution is 0.618. The van der Waals surface area contributed by atoms with Gasteiger partial charge in [-0.3, -0.25) is 0 Å². The van der Waals surface area contributed by atoms with Gasteiger partial charge in [0.2, 0.25) is 0 Å². The van der Waals surface area contributed by atoms with Crippen LogP contribution in [0.25, 0.3) is 0 Å². The van der Waals surface area contributed by atoms with E-state index >= 15 is 0 Å². The SMILES string of the molecule is Cc1cc(C(Br)c2c(Cl)cccc2Cl)c(Cl)cc1F. The Bertz CT molecular complexity index is 608. The molecule has 0 nitrogen and oxygen atoms in total. The van der Waals surface area contributed by atoms with Crippen molar-refractivity contribution in [2.24, 2.45) is 0 Å². The van der Waals surface area contributed by atoms with E-state index in [-0.39, 0.29) is 10.6 Å². The summed E-state index contributed by atoms with van der Waals surface area (Å²) in [5.41, 5.74) is 1.97. The van der Waals surface area contributed by atoms with Crippen LogP contribution in [0.5, 0.6) is 0 Å². The molecule has 0 aliphatic rings. The summed E-state index contributed by atoms with van der Waals surface area (Å²) in [6.45, 7) is 1.68. The van der Waals surface area contributed by atoms with Crippen LogP contribution in [0, 0.1) is 12.7 Å². The third-order valence-corrected chi connectivity index (χ3v) is 4.74. The van der Waals surface area contributed by atoms with E-state index < -0.39 is 0 Å². The smallest absolute Gasteiger partial charge is 0.127 e. The Morgan fingerprint density at radius 2 is 1.63 bits per heavy atom. The second kappa shape index (κ2) is 6.01. The molecule has 0 amide bonds. The second-order valence-electron chi connectivity index (χ2n) is 4.12. The molecule has 0 spiro atoms. The lowest BCUT2D eigenvalue weighted by Gasteiger charge is -2.16. The molecule has 5 heteroatoms. The summed E-state index contributed by atoms with van der Waals surface area (Å²) in [5, 5.41) is 1.40. The van der Waals surface area contributed by atoms with Gasteiger partial charge in [-0.15, -0.1) is 0 Å². The molecule has 0 radical (unpaired) electrons. The minimum atomic E-state index is -0.335. The monoisotopic (exact) mass is 380 g/mol. The van der Waals surface area contributed by atoms with Gasteiger partial charge in [-0.25, -0.2) is 4.39 Å². The first-order valence-electron chi connectivity index (χ1n) is 5.45. The number of benzene rings is 2. The number of hydrogen-bond acceptors (Lipinski definition) is 0. The molecule has 0 fully saturated rings. The number of aryl methyl sites for hydroxylation is 1. The van der Waals surface area contributed by atoms with Crippen LogP contribution in [-0.4, -0.2) is 0 Å². The molecule has 0 aliphatic heterocycles. The Morgan fingerprint density at radius 3 is 2.21 bits per heavy atom. The topological polar surface area (TPSA) is 0 Å². The van der Waals surface area contributed by atoms with E-state index in [1.807, 2.05) is 0 Å². The summed E-state index contributed by atoms with van der Waals surface area (Å²) in [5.74, 6) is -0.335. The van der Waals surface area contributed by atoms with E-state index in [2.05, 4.69) is 15.9 Å². The maximum atomic E-state index is 13.4. The summed E-state index contributed by atoms with van der Waals surface area (Å²) < 4.78 is 13.4. The summed E-state index contributed by atoms with van der Waals surface area (Å²) in [4.78, 5) is -0.291. The number of hydrogen-bond donors (Lipinski definition) is 0. The minimum Gasteiger partial charge on any atom is -0.207 e. The fourth-order valence-electron chi connectivity index (χ4n) is 1.78. The highest BCUT2D eigenvalue weighted by Crippen LogP contribution is 2.42. The Labute approximate surface area is 134 Å². The Kier molecular flexibility index (Phi) is 4.78. The van der Waals surface area contributed by atoms with Crippen molar-refractivity contribution in [3.05, 3.63) is 67.9 Å². The lowest BCUT2D eigenvalue weighted by Crippen LogP contribution is -1.98. The highest BCUT2D eigenvalue weighted by Gasteiger charge is 2.20. The largest absolute Gasteiger partial charge is 0.207 e. The summed E-state index contributed by atoms with van der Waals surface area (Å²) in [6.07, 6.45) is 0. The van der Waals surface area contributed by atoms with E-state index in [1.165, 1.54) is 6.07 Å². The molecule has 0 saturated heterocycles. The summed E-state index contributed by atoms with van der Waals surface area (Å²) in [7, 11) is 0. The maximum Gasteiger partial charge on any atom is 0.127 e. The van der Waals surface area contributed by atoms with Crippen LogP contribution in [0.15, 0.2) is 30.3 Å². The number of halogens is 5. The Hall–Kier alpha value is -0.280. The zero-order chi connectivity index (χ0) is 14.2. The molecule has 0 N–H and O–H groups in total. The molecular weight excluding hydrogens is 373 g/mol. The first kappa shape index (κ1) is 15.1. The third-order valence-electron chi connectivity index (χ3n) is 2.80. The quantitative estimate of drug-likeness (QED) is 0.515. The van der Waals surface area contributed by atoms with E-state index in [0.717, 1.165) is 11.1 Å². The molecule has 0 heterocycles. The van der Waals surface area contributed by atoms with Gasteiger partial charge < -0.3 is 0 Å². The number of rotatable bonds is 2. The molecule has 0 aromatic heterocycles. The van der Waals surface area contributed by atoms with Crippen LogP contribution >= 0.6 is 50.7 Å². The molecule has 1 unspecified atom stereocenters. The van der Waals surface area contributed by atoms with Gasteiger partial charge >= 0.3 is 0 Å². The van der Waals surface area contributed by atoms with Gasteiger partial charge in [0.25, 0.3) is 0 Å². The van der Waals surface area contributed by atoms with E-state index in [1.54, 1.807) is 31.2 Å². The molecule has 0 aliphatic carbocycles. The summed E-state index contributed by atoms with van der Waals surface area (Å²) >= 11 is 22.0. The number of alkyl halides is 1. The van der Waals surface area contributed by atoms with Crippen LogP contribution in [0.2, 0.25) is 15.1 Å². The van der Waals surface area contributed by atoms with Gasteiger partial charge in [0.05, 0.1) is 4.83 Å². The normalized spacial score (nSPS) is 12.5. The standard InChI is InChI=1S/C14H9BrCl3F/c1-7-5-8(11(18)6-12(7)19)14(15)13-9(16)3-2-4-10(13)17/h2-6,14H,1H3. The zero-order valence-electron chi connectivity index (χ0n) is 9.85. The third kappa shape index (κ3) is 3.08. The molecule has 1 atom stereocenters. The van der Waals surface area contributed by atoms with Gasteiger partial charge in [-0.1, -0.05) is 62.9 Å². The molecule has 2 aromatic carbocycles. The first-order chi connectivity index (χ1) is 8.91. The lowest BCUT2D eigenvalue weighted by atomic mass is 10.0. The Morgan fingerprint density at radius 1 is 1.05 bits per heavy atom. The Balaban J connectivity index is 2.56. The molecule has 2 rings (SSSR count). The van der Waals surface area contributed by atoms with Crippen LogP contribution in [-0.2, 0) is 0 Å². The van der Waals surface area contributed by atoms with Crippen molar-refractivity contribution in [1.29, 1.82) is 0 Å². The van der Waals surface area contributed by atoms with Crippen molar-refractivity contribution in [3.8, 4) is 0 Å². The molecule has 2 aromatic rings. The molecule has 100 valence electrons. The zero-order valence-corrected chi connectivity index (χ0v) is 13.7. The average Bonchev–Trinajstić information content (AvgIpc) is 2.33. The molecule has 0 saturated carbocycles. The predicted octanol–water partition coefficient (Wildman–Crippen LogP) is 6.58. The van der Waals surface area contributed by atoms with Crippen molar-refractivity contribution < 1.29 is 4.39 Å². The maximum absolute atomic E-state index is 13.4. The van der Waals surface area contributed by atoms with Crippen LogP contribution < -0.4 is 0 Å². The highest BCUT2D eigenvalue weighted by molar-refractivity contribution is 9.09. The fourth-order valence-corrected chi connectivity index (χ4v) is 3.92. The van der Waals surface area contributed by atoms with Crippen molar-refractivity contribution in [1.82, 2.24) is 0 Å². The van der Waals surface area contributed by atoms with E-state index in [0.29, 0.717) is 20.6 Å². The van der Waals surface area contributed by atoms with E-state index in [4.69, 9.17) is 34.8 Å². The highest BCUT2D eigenvalue weighted by atomic mass is 79.9.